The van der Waals surface area contributed by atoms with Gasteiger partial charge in [-0.15, -0.1) is 11.3 Å². The number of anilines is 1. The molecule has 1 aliphatic carbocycles. The first kappa shape index (κ1) is 25.9. The summed E-state index contributed by atoms with van der Waals surface area (Å²) in [5, 5.41) is 16.7. The number of aromatic nitrogens is 1. The van der Waals surface area contributed by atoms with Crippen LogP contribution >= 0.6 is 23.1 Å². The van der Waals surface area contributed by atoms with Crippen molar-refractivity contribution < 1.29 is 14.3 Å². The highest BCUT2D eigenvalue weighted by Gasteiger charge is 2.26. The highest BCUT2D eigenvalue weighted by molar-refractivity contribution is 8.00. The summed E-state index contributed by atoms with van der Waals surface area (Å²) in [5.74, 6) is -0.334. The normalized spacial score (nSPS) is 12.5. The molecule has 7 nitrogen and oxygen atoms in total. The minimum atomic E-state index is -0.240. The van der Waals surface area contributed by atoms with Crippen molar-refractivity contribution in [2.75, 3.05) is 18.2 Å². The van der Waals surface area contributed by atoms with Gasteiger partial charge in [0, 0.05) is 24.2 Å². The van der Waals surface area contributed by atoms with Crippen molar-refractivity contribution in [1.82, 2.24) is 10.3 Å². The number of hydrogen-bond donors (Lipinski definition) is 2. The summed E-state index contributed by atoms with van der Waals surface area (Å²) in [6.45, 7) is 2.57. The number of fused-ring (bicyclic) bond motifs is 1. The van der Waals surface area contributed by atoms with E-state index in [1.165, 1.54) is 28.0 Å². The molecule has 4 rings (SSSR count). The van der Waals surface area contributed by atoms with Crippen LogP contribution in [0.25, 0.3) is 0 Å². The number of pyridine rings is 1. The standard InChI is InChI=1S/C27H28N4O3S2/c1-17-12-19(15-34-2)21(13-28)26(30-17)35-16-23(32)31-27-24(20-10-6-7-11-22(20)36-27)25(33)29-14-18-8-4-3-5-9-18/h3-5,8-9,12H,6-7,10-11,14-16H2,1-2H3,(H,29,33)(H,31,32). The smallest absolute Gasteiger partial charge is 0.254 e. The van der Waals surface area contributed by atoms with Gasteiger partial charge in [-0.25, -0.2) is 4.98 Å². The van der Waals surface area contributed by atoms with Gasteiger partial charge in [0.15, 0.2) is 0 Å². The lowest BCUT2D eigenvalue weighted by Crippen LogP contribution is -2.25. The van der Waals surface area contributed by atoms with Crippen molar-refractivity contribution in [1.29, 1.82) is 5.26 Å². The molecule has 2 amide bonds. The van der Waals surface area contributed by atoms with E-state index < -0.39 is 0 Å². The summed E-state index contributed by atoms with van der Waals surface area (Å²) in [5.41, 5.74) is 4.58. The summed E-state index contributed by atoms with van der Waals surface area (Å²) in [4.78, 5) is 31.8. The number of rotatable bonds is 9. The molecule has 1 aliphatic rings. The van der Waals surface area contributed by atoms with Crippen LogP contribution in [-0.4, -0.2) is 29.7 Å². The number of ether oxygens (including phenoxy) is 1. The molecule has 36 heavy (non-hydrogen) atoms. The third kappa shape index (κ3) is 6.13. The number of nitrogens with one attached hydrogen (secondary N) is 2. The van der Waals surface area contributed by atoms with E-state index in [0.717, 1.165) is 48.1 Å². The molecule has 0 fully saturated rings. The molecule has 186 valence electrons. The Morgan fingerprint density at radius 2 is 2.00 bits per heavy atom. The number of methoxy groups -OCH3 is 1. The summed E-state index contributed by atoms with van der Waals surface area (Å²) < 4.78 is 5.20. The molecule has 0 atom stereocenters. The van der Waals surface area contributed by atoms with E-state index in [1.54, 1.807) is 7.11 Å². The van der Waals surface area contributed by atoms with E-state index in [4.69, 9.17) is 4.74 Å². The lowest BCUT2D eigenvalue weighted by molar-refractivity contribution is -0.113. The molecular formula is C27H28N4O3S2. The number of amides is 2. The quantitative estimate of drug-likeness (QED) is 0.385. The highest BCUT2D eigenvalue weighted by atomic mass is 32.2. The van der Waals surface area contributed by atoms with Crippen molar-refractivity contribution in [2.45, 2.75) is 50.8 Å². The first-order valence-corrected chi connectivity index (χ1v) is 13.6. The zero-order chi connectivity index (χ0) is 25.5. The molecule has 2 aromatic heterocycles. The number of carbonyl (C=O) groups excluding carboxylic acids is 2. The van der Waals surface area contributed by atoms with E-state index in [1.807, 2.05) is 43.3 Å². The monoisotopic (exact) mass is 520 g/mol. The molecule has 0 unspecified atom stereocenters. The van der Waals surface area contributed by atoms with Crippen molar-refractivity contribution >= 4 is 39.9 Å². The second-order valence-electron chi connectivity index (χ2n) is 8.57. The second-order valence-corrected chi connectivity index (χ2v) is 10.6. The Hall–Kier alpha value is -3.19. The first-order valence-electron chi connectivity index (χ1n) is 11.8. The Morgan fingerprint density at radius 1 is 1.22 bits per heavy atom. The van der Waals surface area contributed by atoms with Gasteiger partial charge in [-0.3, -0.25) is 9.59 Å². The Morgan fingerprint density at radius 3 is 2.75 bits per heavy atom. The number of thiophene rings is 1. The fourth-order valence-corrected chi connectivity index (χ4v) is 6.43. The van der Waals surface area contributed by atoms with E-state index in [-0.39, 0.29) is 17.6 Å². The molecule has 0 saturated heterocycles. The average molecular weight is 521 g/mol. The maximum Gasteiger partial charge on any atom is 0.254 e. The van der Waals surface area contributed by atoms with Crippen molar-refractivity contribution in [3.63, 3.8) is 0 Å². The zero-order valence-electron chi connectivity index (χ0n) is 20.3. The molecule has 0 bridgehead atoms. The lowest BCUT2D eigenvalue weighted by Gasteiger charge is -2.13. The van der Waals surface area contributed by atoms with Crippen LogP contribution in [0, 0.1) is 18.3 Å². The maximum atomic E-state index is 13.2. The topological polar surface area (TPSA) is 104 Å². The third-order valence-corrected chi connectivity index (χ3v) is 8.08. The van der Waals surface area contributed by atoms with Crippen LogP contribution in [0.2, 0.25) is 0 Å². The van der Waals surface area contributed by atoms with Crippen molar-refractivity contribution in [3.8, 4) is 6.07 Å². The van der Waals surface area contributed by atoms with Crippen molar-refractivity contribution in [3.05, 3.63) is 74.8 Å². The van der Waals surface area contributed by atoms with Crippen LogP contribution in [0.5, 0.6) is 0 Å². The minimum absolute atomic E-state index is 0.0746. The molecular weight excluding hydrogens is 492 g/mol. The maximum absolute atomic E-state index is 13.2. The van der Waals surface area contributed by atoms with E-state index in [0.29, 0.717) is 34.3 Å². The molecule has 2 N–H and O–H groups in total. The fourth-order valence-electron chi connectivity index (χ4n) is 4.26. The summed E-state index contributed by atoms with van der Waals surface area (Å²) in [6, 6.07) is 13.8. The third-order valence-electron chi connectivity index (χ3n) is 5.89. The summed E-state index contributed by atoms with van der Waals surface area (Å²) in [7, 11) is 1.57. The van der Waals surface area contributed by atoms with E-state index in [9.17, 15) is 14.9 Å². The molecule has 2 heterocycles. The van der Waals surface area contributed by atoms with Gasteiger partial charge in [-0.1, -0.05) is 42.1 Å². The number of nitrogens with zero attached hydrogens (tertiary/aromatic N) is 2. The van der Waals surface area contributed by atoms with Gasteiger partial charge in [-0.2, -0.15) is 5.26 Å². The fraction of sp³-hybridized carbons (Fsp3) is 0.333. The van der Waals surface area contributed by atoms with Gasteiger partial charge >= 0.3 is 0 Å². The predicted octanol–water partition coefficient (Wildman–Crippen LogP) is 5.01. The van der Waals surface area contributed by atoms with Crippen LogP contribution in [0.3, 0.4) is 0 Å². The van der Waals surface area contributed by atoms with Crippen LogP contribution in [-0.2, 0) is 35.5 Å². The first-order chi connectivity index (χ1) is 17.5. The van der Waals surface area contributed by atoms with Gasteiger partial charge < -0.3 is 15.4 Å². The van der Waals surface area contributed by atoms with Crippen LogP contribution in [0.4, 0.5) is 5.00 Å². The van der Waals surface area contributed by atoms with Gasteiger partial charge in [0.2, 0.25) is 5.91 Å². The second kappa shape index (κ2) is 12.2. The predicted molar refractivity (Wildman–Crippen MR) is 142 cm³/mol. The Kier molecular flexibility index (Phi) is 8.75. The van der Waals surface area contributed by atoms with Gasteiger partial charge in [0.25, 0.3) is 5.91 Å². The summed E-state index contributed by atoms with van der Waals surface area (Å²) >= 11 is 2.71. The molecule has 3 aromatic rings. The number of hydrogen-bond acceptors (Lipinski definition) is 7. The Bertz CT molecular complexity index is 1300. The average Bonchev–Trinajstić information content (AvgIpc) is 3.24. The number of carbonyl (C=O) groups is 2. The highest BCUT2D eigenvalue weighted by Crippen LogP contribution is 2.38. The molecule has 9 heteroatoms. The largest absolute Gasteiger partial charge is 0.380 e. The van der Waals surface area contributed by atoms with Crippen LogP contribution < -0.4 is 10.6 Å². The number of aryl methyl sites for hydroxylation is 2. The molecule has 0 aliphatic heterocycles. The van der Waals surface area contributed by atoms with E-state index in [2.05, 4.69) is 21.7 Å². The van der Waals surface area contributed by atoms with Gasteiger partial charge in [-0.05, 0) is 55.4 Å². The number of benzene rings is 1. The molecule has 0 saturated carbocycles. The minimum Gasteiger partial charge on any atom is -0.380 e. The zero-order valence-corrected chi connectivity index (χ0v) is 22.0. The van der Waals surface area contributed by atoms with Gasteiger partial charge in [0.05, 0.1) is 23.5 Å². The molecule has 0 spiro atoms. The Balaban J connectivity index is 1.49. The number of nitriles is 1. The van der Waals surface area contributed by atoms with Gasteiger partial charge in [0.1, 0.15) is 16.1 Å². The molecule has 1 aromatic carbocycles. The van der Waals surface area contributed by atoms with E-state index >= 15 is 0 Å². The van der Waals surface area contributed by atoms with Crippen LogP contribution in [0.1, 0.15) is 56.0 Å². The van der Waals surface area contributed by atoms with Crippen molar-refractivity contribution in [2.24, 2.45) is 0 Å². The number of thioether (sulfide) groups is 1. The van der Waals surface area contributed by atoms with Crippen LogP contribution in [0.15, 0.2) is 41.4 Å². The Labute approximate surface area is 219 Å². The lowest BCUT2D eigenvalue weighted by atomic mass is 9.95. The SMILES string of the molecule is COCc1cc(C)nc(SCC(=O)Nc2sc3c(c2C(=O)NCc2ccccc2)CCCC3)c1C#N. The molecule has 0 radical (unpaired) electrons. The summed E-state index contributed by atoms with van der Waals surface area (Å²) in [6.07, 6.45) is 3.88.